The predicted molar refractivity (Wildman–Crippen MR) is 133 cm³/mol. The van der Waals surface area contributed by atoms with Crippen molar-refractivity contribution in [3.8, 4) is 0 Å². The van der Waals surface area contributed by atoms with E-state index in [1.807, 2.05) is 68.4 Å². The highest BCUT2D eigenvalue weighted by Crippen LogP contribution is 2.30. The fourth-order valence-electron chi connectivity index (χ4n) is 3.85. The lowest BCUT2D eigenvalue weighted by Gasteiger charge is -2.30. The maximum Gasteiger partial charge on any atom is 0.408 e. The number of hydrogen-bond acceptors (Lipinski definition) is 5. The number of carbonyl (C=O) groups excluding carboxylic acids is 3. The van der Waals surface area contributed by atoms with E-state index in [0.29, 0.717) is 0 Å². The summed E-state index contributed by atoms with van der Waals surface area (Å²) in [4.78, 5) is 40.9. The number of fused-ring (bicyclic) bond motifs is 1. The van der Waals surface area contributed by atoms with Crippen molar-refractivity contribution in [3.63, 3.8) is 0 Å². The molecule has 1 aliphatic rings. The Bertz CT molecular complexity index is 1020. The summed E-state index contributed by atoms with van der Waals surface area (Å²) in [6.45, 7) is 9.37. The molecule has 1 heterocycles. The van der Waals surface area contributed by atoms with Crippen LogP contribution in [0.1, 0.15) is 40.2 Å². The number of benzene rings is 2. The van der Waals surface area contributed by atoms with Gasteiger partial charge in [-0.3, -0.25) is 9.59 Å². The van der Waals surface area contributed by atoms with E-state index < -0.39 is 29.7 Å². The minimum atomic E-state index is -0.914. The number of alkyl carbamates (subject to hydrolysis) is 1. The summed E-state index contributed by atoms with van der Waals surface area (Å²) in [5, 5.41) is 8.80. The van der Waals surface area contributed by atoms with Crippen LogP contribution >= 0.6 is 0 Å². The lowest BCUT2D eigenvalue weighted by Crippen LogP contribution is -2.57. The number of amides is 3. The molecule has 3 rings (SSSR count). The molecule has 0 fully saturated rings. The Hall–Kier alpha value is -3.55. The first-order valence-electron chi connectivity index (χ1n) is 11.5. The number of ether oxygens (including phenoxy) is 1. The second kappa shape index (κ2) is 10.6. The average molecular weight is 467 g/mol. The largest absolute Gasteiger partial charge is 0.444 e. The van der Waals surface area contributed by atoms with Crippen molar-refractivity contribution in [2.45, 2.75) is 64.8 Å². The maximum atomic E-state index is 13.4. The Morgan fingerprint density at radius 3 is 2.38 bits per heavy atom. The molecule has 3 amide bonds. The number of anilines is 2. The zero-order chi connectivity index (χ0) is 24.9. The molecule has 2 aromatic rings. The summed E-state index contributed by atoms with van der Waals surface area (Å²) in [5.74, 6) is -0.666. The molecule has 182 valence electrons. The first-order valence-corrected chi connectivity index (χ1v) is 11.5. The lowest BCUT2D eigenvalue weighted by molar-refractivity contribution is -0.128. The van der Waals surface area contributed by atoms with Gasteiger partial charge in [0.25, 0.3) is 5.91 Å². The van der Waals surface area contributed by atoms with E-state index in [1.54, 1.807) is 25.7 Å². The standard InChI is InChI=1S/C26H34N4O4/c1-17(2)30-22-14-10-9-13-19(22)27-16-21(24(30)32)28-23(31)20(15-18-11-7-6-8-12-18)29-25(33)34-26(3,4)5/h6-14,17,20-21,27H,15-16H2,1-5H3,(H,28,31)(H,29,33)/t20-,21-/m1/s1. The summed E-state index contributed by atoms with van der Waals surface area (Å²) in [7, 11) is 0. The molecule has 0 radical (unpaired) electrons. The molecule has 8 heteroatoms. The molecule has 0 bridgehead atoms. The fraction of sp³-hybridized carbons (Fsp3) is 0.423. The number of carbonyl (C=O) groups is 3. The molecule has 0 aliphatic carbocycles. The van der Waals surface area contributed by atoms with E-state index in [9.17, 15) is 14.4 Å². The van der Waals surface area contributed by atoms with Crippen LogP contribution in [0.15, 0.2) is 54.6 Å². The molecule has 2 atom stereocenters. The minimum Gasteiger partial charge on any atom is -0.444 e. The van der Waals surface area contributed by atoms with E-state index in [-0.39, 0.29) is 24.9 Å². The monoisotopic (exact) mass is 466 g/mol. The molecular weight excluding hydrogens is 432 g/mol. The molecule has 0 saturated heterocycles. The highest BCUT2D eigenvalue weighted by molar-refractivity contribution is 6.04. The predicted octanol–water partition coefficient (Wildman–Crippen LogP) is 3.47. The molecule has 0 saturated carbocycles. The van der Waals surface area contributed by atoms with Gasteiger partial charge in [-0.2, -0.15) is 0 Å². The van der Waals surface area contributed by atoms with Crippen LogP contribution in [0.25, 0.3) is 0 Å². The van der Waals surface area contributed by atoms with Crippen molar-refractivity contribution in [1.29, 1.82) is 0 Å². The maximum absolute atomic E-state index is 13.4. The summed E-state index contributed by atoms with van der Waals surface area (Å²) < 4.78 is 5.36. The van der Waals surface area contributed by atoms with Gasteiger partial charge in [0.2, 0.25) is 5.91 Å². The average Bonchev–Trinajstić information content (AvgIpc) is 2.89. The highest BCUT2D eigenvalue weighted by Gasteiger charge is 2.34. The van der Waals surface area contributed by atoms with E-state index in [0.717, 1.165) is 16.9 Å². The van der Waals surface area contributed by atoms with E-state index >= 15 is 0 Å². The molecule has 0 aromatic heterocycles. The van der Waals surface area contributed by atoms with Crippen LogP contribution in [0.4, 0.5) is 16.2 Å². The van der Waals surface area contributed by atoms with Crippen molar-refractivity contribution < 1.29 is 19.1 Å². The summed E-state index contributed by atoms with van der Waals surface area (Å²) in [5.41, 5.74) is 1.77. The number of hydrogen-bond donors (Lipinski definition) is 3. The molecule has 1 aliphatic heterocycles. The van der Waals surface area contributed by atoms with Crippen molar-refractivity contribution in [1.82, 2.24) is 10.6 Å². The molecule has 2 aromatic carbocycles. The van der Waals surface area contributed by atoms with Crippen molar-refractivity contribution in [2.75, 3.05) is 16.8 Å². The molecule has 8 nitrogen and oxygen atoms in total. The van der Waals surface area contributed by atoms with Crippen LogP contribution in [0.2, 0.25) is 0 Å². The van der Waals surface area contributed by atoms with Gasteiger partial charge in [0.05, 0.1) is 11.4 Å². The van der Waals surface area contributed by atoms with Crippen molar-refractivity contribution >= 4 is 29.3 Å². The Labute approximate surface area is 201 Å². The fourth-order valence-corrected chi connectivity index (χ4v) is 3.85. The molecular formula is C26H34N4O4. The first kappa shape index (κ1) is 25.1. The van der Waals surface area contributed by atoms with E-state index in [4.69, 9.17) is 4.74 Å². The number of para-hydroxylation sites is 2. The Balaban J connectivity index is 1.80. The minimum absolute atomic E-state index is 0.104. The molecule has 0 unspecified atom stereocenters. The van der Waals surface area contributed by atoms with Crippen LogP contribution in [0, 0.1) is 0 Å². The Morgan fingerprint density at radius 2 is 1.74 bits per heavy atom. The van der Waals surface area contributed by atoms with Gasteiger partial charge >= 0.3 is 6.09 Å². The van der Waals surface area contributed by atoms with Crippen molar-refractivity contribution in [3.05, 3.63) is 60.2 Å². The summed E-state index contributed by atoms with van der Waals surface area (Å²) >= 11 is 0. The van der Waals surface area contributed by atoms with Crippen LogP contribution in [0.5, 0.6) is 0 Å². The van der Waals surface area contributed by atoms with Crippen molar-refractivity contribution in [2.24, 2.45) is 0 Å². The summed E-state index contributed by atoms with van der Waals surface area (Å²) in [6, 6.07) is 15.1. The van der Waals surface area contributed by atoms with Gasteiger partial charge in [0, 0.05) is 19.0 Å². The van der Waals surface area contributed by atoms with Gasteiger partial charge in [-0.25, -0.2) is 4.79 Å². The number of nitrogens with zero attached hydrogens (tertiary/aromatic N) is 1. The zero-order valence-electron chi connectivity index (χ0n) is 20.4. The normalized spacial score (nSPS) is 16.7. The third-order valence-corrected chi connectivity index (χ3v) is 5.32. The van der Waals surface area contributed by atoms with Gasteiger partial charge in [-0.1, -0.05) is 42.5 Å². The topological polar surface area (TPSA) is 99.8 Å². The second-order valence-corrected chi connectivity index (χ2v) is 9.65. The van der Waals surface area contributed by atoms with E-state index in [2.05, 4.69) is 16.0 Å². The molecule has 34 heavy (non-hydrogen) atoms. The van der Waals surface area contributed by atoms with Gasteiger partial charge in [-0.05, 0) is 52.3 Å². The third-order valence-electron chi connectivity index (χ3n) is 5.32. The summed E-state index contributed by atoms with van der Waals surface area (Å²) in [6.07, 6.45) is -0.431. The van der Waals surface area contributed by atoms with E-state index in [1.165, 1.54) is 0 Å². The van der Waals surface area contributed by atoms with Gasteiger partial charge in [0.1, 0.15) is 17.7 Å². The first-order chi connectivity index (χ1) is 16.0. The second-order valence-electron chi connectivity index (χ2n) is 9.65. The third kappa shape index (κ3) is 6.50. The lowest BCUT2D eigenvalue weighted by atomic mass is 10.0. The Kier molecular flexibility index (Phi) is 7.81. The highest BCUT2D eigenvalue weighted by atomic mass is 16.6. The van der Waals surface area contributed by atoms with Crippen LogP contribution in [-0.2, 0) is 20.7 Å². The zero-order valence-corrected chi connectivity index (χ0v) is 20.4. The van der Waals surface area contributed by atoms with Crippen LogP contribution in [-0.4, -0.2) is 48.2 Å². The van der Waals surface area contributed by atoms with Gasteiger partial charge in [0.15, 0.2) is 0 Å². The quantitative estimate of drug-likeness (QED) is 0.605. The van der Waals surface area contributed by atoms with Gasteiger partial charge in [-0.15, -0.1) is 0 Å². The SMILES string of the molecule is CC(C)N1C(=O)[C@H](NC(=O)[C@@H](Cc2ccccc2)NC(=O)OC(C)(C)C)CNc2ccccc21. The smallest absolute Gasteiger partial charge is 0.408 e. The Morgan fingerprint density at radius 1 is 1.09 bits per heavy atom. The van der Waals surface area contributed by atoms with Crippen LogP contribution < -0.4 is 20.9 Å². The van der Waals surface area contributed by atoms with Crippen LogP contribution in [0.3, 0.4) is 0 Å². The number of nitrogens with one attached hydrogen (secondary N) is 3. The molecule has 0 spiro atoms. The molecule has 3 N–H and O–H groups in total. The number of rotatable bonds is 6. The van der Waals surface area contributed by atoms with Gasteiger partial charge < -0.3 is 25.6 Å².